The zero-order chi connectivity index (χ0) is 19.8. The minimum absolute atomic E-state index is 0.348. The van der Waals surface area contributed by atoms with E-state index in [0.29, 0.717) is 12.8 Å². The minimum Gasteiger partial charge on any atom is -0.337 e. The van der Waals surface area contributed by atoms with Crippen LogP contribution in [0.5, 0.6) is 0 Å². The van der Waals surface area contributed by atoms with Gasteiger partial charge in [-0.1, -0.05) is 12.1 Å². The van der Waals surface area contributed by atoms with Gasteiger partial charge in [-0.25, -0.2) is 12.8 Å². The van der Waals surface area contributed by atoms with Crippen molar-refractivity contribution in [2.45, 2.75) is 36.8 Å². The number of alkyl halides is 3. The Morgan fingerprint density at radius 3 is 2.23 bits per heavy atom. The van der Waals surface area contributed by atoms with Gasteiger partial charge in [-0.15, -0.1) is 0 Å². The fraction of sp³-hybridized carbons (Fsp3) is 0.533. The number of hydrogen-bond donors (Lipinski definition) is 3. The van der Waals surface area contributed by atoms with Gasteiger partial charge in [0.25, 0.3) is 0 Å². The van der Waals surface area contributed by atoms with Crippen LogP contribution in [0.15, 0.2) is 24.3 Å². The van der Waals surface area contributed by atoms with Gasteiger partial charge < -0.3 is 11.1 Å². The van der Waals surface area contributed by atoms with E-state index in [1.807, 2.05) is 5.32 Å². The van der Waals surface area contributed by atoms with Crippen molar-refractivity contribution in [3.8, 4) is 0 Å². The van der Waals surface area contributed by atoms with E-state index in [1.54, 1.807) is 0 Å². The fourth-order valence-corrected chi connectivity index (χ4v) is 3.18. The predicted octanol–water partition coefficient (Wildman–Crippen LogP) is 0.997. The highest BCUT2D eigenvalue weighted by atomic mass is 32.2. The highest BCUT2D eigenvalue weighted by Crippen LogP contribution is 2.34. The zero-order valence-electron chi connectivity index (χ0n) is 13.8. The molecule has 0 radical (unpaired) electrons. The topological polar surface area (TPSA) is 101 Å². The quantitative estimate of drug-likeness (QED) is 0.471. The van der Waals surface area contributed by atoms with Crippen LogP contribution in [0.25, 0.3) is 0 Å². The van der Waals surface area contributed by atoms with Gasteiger partial charge in [0.1, 0.15) is 27.7 Å². The van der Waals surface area contributed by atoms with E-state index in [1.165, 1.54) is 0 Å². The first-order valence-electron chi connectivity index (χ1n) is 7.66. The van der Waals surface area contributed by atoms with Gasteiger partial charge in [0.2, 0.25) is 5.91 Å². The molecule has 26 heavy (non-hydrogen) atoms. The van der Waals surface area contributed by atoms with Crippen molar-refractivity contribution in [2.24, 2.45) is 5.73 Å². The molecule has 1 amide bonds. The zero-order valence-corrected chi connectivity index (χ0v) is 14.6. The molecule has 6 nitrogen and oxygen atoms in total. The number of hydrogen-bond acceptors (Lipinski definition) is 5. The van der Waals surface area contributed by atoms with Gasteiger partial charge in [0, 0.05) is 6.26 Å². The maximum absolute atomic E-state index is 13.5. The molecular formula is C15H19F4N3O3S. The Labute approximate surface area is 148 Å². The summed E-state index contributed by atoms with van der Waals surface area (Å²) in [4.78, 5) is 12.3. The molecule has 0 heterocycles. The average Bonchev–Trinajstić information content (AvgIpc) is 3.19. The van der Waals surface area contributed by atoms with Crippen LogP contribution >= 0.6 is 0 Å². The Hall–Kier alpha value is -1.72. The summed E-state index contributed by atoms with van der Waals surface area (Å²) in [7, 11) is -3.78. The van der Waals surface area contributed by atoms with E-state index in [2.05, 4.69) is 5.32 Å². The predicted molar refractivity (Wildman–Crippen MR) is 86.1 cm³/mol. The molecule has 0 bridgehead atoms. The fourth-order valence-electron chi connectivity index (χ4n) is 2.33. The summed E-state index contributed by atoms with van der Waals surface area (Å²) in [5.74, 6) is -2.51. The Morgan fingerprint density at radius 2 is 1.81 bits per heavy atom. The molecule has 0 aliphatic heterocycles. The van der Waals surface area contributed by atoms with Crippen LogP contribution in [0.2, 0.25) is 0 Å². The molecular weight excluding hydrogens is 378 g/mol. The Kier molecular flexibility index (Phi) is 5.64. The third kappa shape index (κ3) is 5.92. The van der Waals surface area contributed by atoms with Gasteiger partial charge in [0.15, 0.2) is 0 Å². The van der Waals surface area contributed by atoms with Crippen molar-refractivity contribution in [3.05, 3.63) is 35.6 Å². The monoisotopic (exact) mass is 397 g/mol. The molecule has 11 heteroatoms. The van der Waals surface area contributed by atoms with Crippen LogP contribution in [0.1, 0.15) is 24.4 Å². The number of carbonyl (C=O) groups is 1. The molecule has 0 unspecified atom stereocenters. The Balaban J connectivity index is 2.28. The van der Waals surface area contributed by atoms with E-state index < -0.39 is 51.2 Å². The molecule has 2 atom stereocenters. The highest BCUT2D eigenvalue weighted by molar-refractivity contribution is 7.90. The van der Waals surface area contributed by atoms with Crippen LogP contribution in [-0.4, -0.2) is 44.2 Å². The van der Waals surface area contributed by atoms with Crippen molar-refractivity contribution in [3.63, 3.8) is 0 Å². The van der Waals surface area contributed by atoms with Gasteiger partial charge in [-0.2, -0.15) is 13.2 Å². The molecule has 146 valence electrons. The molecule has 2 rings (SSSR count). The molecule has 0 aromatic heterocycles. The van der Waals surface area contributed by atoms with E-state index in [0.717, 1.165) is 30.5 Å². The Morgan fingerprint density at radius 1 is 1.27 bits per heavy atom. The van der Waals surface area contributed by atoms with Crippen LogP contribution in [0.3, 0.4) is 0 Å². The first kappa shape index (κ1) is 20.6. The number of halogens is 4. The Bertz CT molecular complexity index is 761. The van der Waals surface area contributed by atoms with Crippen LogP contribution in [0, 0.1) is 5.82 Å². The number of benzene rings is 1. The maximum Gasteiger partial charge on any atom is 0.407 e. The third-order valence-corrected chi connectivity index (χ3v) is 4.78. The van der Waals surface area contributed by atoms with Crippen molar-refractivity contribution in [1.82, 2.24) is 10.6 Å². The largest absolute Gasteiger partial charge is 0.407 e. The molecule has 0 spiro atoms. The summed E-state index contributed by atoms with van der Waals surface area (Å²) in [5.41, 5.74) is 4.36. The first-order chi connectivity index (χ1) is 11.8. The summed E-state index contributed by atoms with van der Waals surface area (Å²) in [6.45, 7) is 0. The van der Waals surface area contributed by atoms with E-state index in [9.17, 15) is 30.8 Å². The SMILES string of the molecule is CS(=O)(=O)C[C@H](N[C@@H](c1ccc(F)cc1)C(F)(F)F)C(=O)NC1(N)CC1. The van der Waals surface area contributed by atoms with Crippen LogP contribution in [-0.2, 0) is 14.6 Å². The number of nitrogens with one attached hydrogen (secondary N) is 2. The average molecular weight is 397 g/mol. The number of rotatable bonds is 7. The number of nitrogens with two attached hydrogens (primary N) is 1. The van der Waals surface area contributed by atoms with Crippen molar-refractivity contribution < 1.29 is 30.8 Å². The second-order valence-corrected chi connectivity index (χ2v) is 8.67. The molecule has 0 saturated heterocycles. The first-order valence-corrected chi connectivity index (χ1v) is 9.72. The number of amides is 1. The number of carbonyl (C=O) groups excluding carboxylic acids is 1. The molecule has 1 saturated carbocycles. The van der Waals surface area contributed by atoms with Crippen LogP contribution < -0.4 is 16.4 Å². The molecule has 1 aromatic rings. The molecule has 4 N–H and O–H groups in total. The molecule has 1 fully saturated rings. The lowest BCUT2D eigenvalue weighted by atomic mass is 10.1. The smallest absolute Gasteiger partial charge is 0.337 e. The highest BCUT2D eigenvalue weighted by Gasteiger charge is 2.45. The van der Waals surface area contributed by atoms with Crippen molar-refractivity contribution in [1.29, 1.82) is 0 Å². The van der Waals surface area contributed by atoms with Crippen LogP contribution in [0.4, 0.5) is 17.6 Å². The van der Waals surface area contributed by atoms with Gasteiger partial charge in [0.05, 0.1) is 11.4 Å². The van der Waals surface area contributed by atoms with Gasteiger partial charge >= 0.3 is 6.18 Å². The number of sulfone groups is 1. The summed E-state index contributed by atoms with van der Waals surface area (Å²) in [6, 6.07) is -0.500. The second-order valence-electron chi connectivity index (χ2n) is 6.48. The molecule has 1 aromatic carbocycles. The molecule has 1 aliphatic rings. The maximum atomic E-state index is 13.5. The van der Waals surface area contributed by atoms with Gasteiger partial charge in [-0.3, -0.25) is 10.1 Å². The summed E-state index contributed by atoms with van der Waals surface area (Å²) in [5, 5.41) is 4.40. The minimum atomic E-state index is -4.84. The van der Waals surface area contributed by atoms with Crippen molar-refractivity contribution >= 4 is 15.7 Å². The van der Waals surface area contributed by atoms with E-state index in [4.69, 9.17) is 5.73 Å². The van der Waals surface area contributed by atoms with E-state index >= 15 is 0 Å². The second kappa shape index (κ2) is 7.12. The summed E-state index contributed by atoms with van der Waals surface area (Å²) in [6.07, 6.45) is -3.13. The lowest BCUT2D eigenvalue weighted by Gasteiger charge is -2.28. The summed E-state index contributed by atoms with van der Waals surface area (Å²) < 4.78 is 76.5. The standard InChI is InChI=1S/C15H19F4N3O3S/c1-26(24,25)8-11(13(23)22-14(20)6-7-14)21-12(15(17,18)19)9-2-4-10(16)5-3-9/h2-5,11-12,21H,6-8,20H2,1H3,(H,22,23)/t11-,12-/m0/s1. The van der Waals surface area contributed by atoms with Gasteiger partial charge in [-0.05, 0) is 30.5 Å². The lowest BCUT2D eigenvalue weighted by molar-refractivity contribution is -0.160. The summed E-state index contributed by atoms with van der Waals surface area (Å²) >= 11 is 0. The van der Waals surface area contributed by atoms with E-state index in [-0.39, 0.29) is 5.56 Å². The third-order valence-electron chi connectivity index (χ3n) is 3.85. The normalized spacial score (nSPS) is 18.8. The molecule has 1 aliphatic carbocycles. The van der Waals surface area contributed by atoms with Crippen molar-refractivity contribution in [2.75, 3.05) is 12.0 Å². The lowest BCUT2D eigenvalue weighted by Crippen LogP contribution is -2.56.